The number of hydrogen-bond donors (Lipinski definition) is 2. The van der Waals surface area contributed by atoms with Gasteiger partial charge in [0, 0.05) is 37.1 Å². The van der Waals surface area contributed by atoms with Crippen molar-refractivity contribution in [1.29, 1.82) is 0 Å². The molecule has 7 heteroatoms. The highest BCUT2D eigenvalue weighted by Crippen LogP contribution is 2.28. The Morgan fingerprint density at radius 3 is 3.10 bits per heavy atom. The van der Waals surface area contributed by atoms with Gasteiger partial charge in [-0.15, -0.1) is 11.3 Å². The lowest BCUT2D eigenvalue weighted by Gasteiger charge is -2.16. The molecule has 1 saturated heterocycles. The van der Waals surface area contributed by atoms with Gasteiger partial charge in [0.2, 0.25) is 5.91 Å². The van der Waals surface area contributed by atoms with Crippen LogP contribution in [0.15, 0.2) is 17.9 Å². The van der Waals surface area contributed by atoms with Gasteiger partial charge in [0.1, 0.15) is 0 Å². The van der Waals surface area contributed by atoms with E-state index in [1.165, 1.54) is 0 Å². The quantitative estimate of drug-likeness (QED) is 0.876. The van der Waals surface area contributed by atoms with Gasteiger partial charge in [-0.2, -0.15) is 5.10 Å². The minimum absolute atomic E-state index is 0.0394. The molecule has 1 aliphatic heterocycles. The third-order valence-corrected chi connectivity index (χ3v) is 4.91. The van der Waals surface area contributed by atoms with Crippen molar-refractivity contribution >= 4 is 17.2 Å². The number of carbonyl (C=O) groups excluding carboxylic acids is 1. The molecular weight excluding hydrogens is 286 g/mol. The second-order valence-electron chi connectivity index (χ2n) is 5.40. The lowest BCUT2D eigenvalue weighted by atomic mass is 9.90. The second kappa shape index (κ2) is 5.95. The van der Waals surface area contributed by atoms with E-state index < -0.39 is 0 Å². The van der Waals surface area contributed by atoms with Gasteiger partial charge in [0.25, 0.3) is 0 Å². The van der Waals surface area contributed by atoms with Gasteiger partial charge >= 0.3 is 0 Å². The fraction of sp³-hybridized carbons (Fsp3) is 0.500. The van der Waals surface area contributed by atoms with E-state index in [4.69, 9.17) is 0 Å². The molecular formula is C14H19N5OS. The van der Waals surface area contributed by atoms with Crippen molar-refractivity contribution in [1.82, 2.24) is 25.4 Å². The Labute approximate surface area is 127 Å². The molecule has 3 rings (SSSR count). The lowest BCUT2D eigenvalue weighted by Crippen LogP contribution is -2.33. The largest absolute Gasteiger partial charge is 0.351 e. The summed E-state index contributed by atoms with van der Waals surface area (Å²) in [5.74, 6) is 0.255. The molecule has 1 amide bonds. The summed E-state index contributed by atoms with van der Waals surface area (Å²) in [5, 5.41) is 10.6. The number of hydrogen-bond acceptors (Lipinski definition) is 5. The van der Waals surface area contributed by atoms with Crippen molar-refractivity contribution in [3.63, 3.8) is 0 Å². The molecule has 21 heavy (non-hydrogen) atoms. The van der Waals surface area contributed by atoms with E-state index in [9.17, 15) is 4.79 Å². The number of carbonyl (C=O) groups is 1. The molecule has 1 aliphatic rings. The predicted molar refractivity (Wildman–Crippen MR) is 81.0 cm³/mol. The van der Waals surface area contributed by atoms with Crippen LogP contribution in [0.5, 0.6) is 0 Å². The molecule has 0 radical (unpaired) electrons. The van der Waals surface area contributed by atoms with Crippen LogP contribution in [0.3, 0.4) is 0 Å². The van der Waals surface area contributed by atoms with Gasteiger partial charge in [-0.3, -0.25) is 9.48 Å². The minimum atomic E-state index is -0.0394. The summed E-state index contributed by atoms with van der Waals surface area (Å²) >= 11 is 1.58. The summed E-state index contributed by atoms with van der Waals surface area (Å²) in [6, 6.07) is 0. The van der Waals surface area contributed by atoms with Crippen LogP contribution in [0.25, 0.3) is 0 Å². The number of nitrogens with zero attached hydrogens (tertiary/aromatic N) is 3. The highest BCUT2D eigenvalue weighted by molar-refractivity contribution is 7.09. The Balaban J connectivity index is 1.65. The number of thiazole rings is 1. The Bertz CT molecular complexity index is 635. The molecule has 3 heterocycles. The number of aromatic nitrogens is 3. The zero-order valence-electron chi connectivity index (χ0n) is 12.2. The Hall–Kier alpha value is -1.73. The normalized spacial score (nSPS) is 21.6. The van der Waals surface area contributed by atoms with E-state index >= 15 is 0 Å². The SMILES string of the molecule is Cc1ncsc1CNC(=O)[C@H]1CNC[C@@H]1c1cnn(C)c1. The summed E-state index contributed by atoms with van der Waals surface area (Å²) in [4.78, 5) is 17.8. The maximum absolute atomic E-state index is 12.4. The van der Waals surface area contributed by atoms with Crippen LogP contribution in [0.2, 0.25) is 0 Å². The van der Waals surface area contributed by atoms with Crippen molar-refractivity contribution in [2.24, 2.45) is 13.0 Å². The van der Waals surface area contributed by atoms with Crippen LogP contribution in [-0.2, 0) is 18.4 Å². The van der Waals surface area contributed by atoms with E-state index in [1.54, 1.807) is 16.0 Å². The summed E-state index contributed by atoms with van der Waals surface area (Å²) < 4.78 is 1.78. The smallest absolute Gasteiger partial charge is 0.225 e. The molecule has 2 atom stereocenters. The molecule has 0 spiro atoms. The van der Waals surface area contributed by atoms with E-state index in [-0.39, 0.29) is 17.7 Å². The molecule has 112 valence electrons. The van der Waals surface area contributed by atoms with Crippen molar-refractivity contribution in [3.05, 3.63) is 34.0 Å². The maximum atomic E-state index is 12.4. The van der Waals surface area contributed by atoms with E-state index in [1.807, 2.05) is 31.9 Å². The highest BCUT2D eigenvalue weighted by Gasteiger charge is 2.34. The third-order valence-electron chi connectivity index (χ3n) is 3.97. The summed E-state index contributed by atoms with van der Waals surface area (Å²) in [6.45, 7) is 4.07. The first-order valence-corrected chi connectivity index (χ1v) is 7.89. The van der Waals surface area contributed by atoms with Gasteiger partial charge in [-0.1, -0.05) is 0 Å². The van der Waals surface area contributed by atoms with Crippen LogP contribution in [-0.4, -0.2) is 33.8 Å². The average Bonchev–Trinajstić information content (AvgIpc) is 3.16. The van der Waals surface area contributed by atoms with Gasteiger partial charge in [0.05, 0.1) is 29.9 Å². The van der Waals surface area contributed by atoms with E-state index in [2.05, 4.69) is 20.7 Å². The molecule has 2 aromatic heterocycles. The Morgan fingerprint density at radius 2 is 2.43 bits per heavy atom. The van der Waals surface area contributed by atoms with Crippen LogP contribution >= 0.6 is 11.3 Å². The third kappa shape index (κ3) is 2.98. The first-order chi connectivity index (χ1) is 10.1. The number of rotatable bonds is 4. The molecule has 0 saturated carbocycles. The van der Waals surface area contributed by atoms with Crippen LogP contribution in [0.1, 0.15) is 22.1 Å². The average molecular weight is 305 g/mol. The van der Waals surface area contributed by atoms with Crippen molar-refractivity contribution in [2.75, 3.05) is 13.1 Å². The number of aryl methyl sites for hydroxylation is 2. The topological polar surface area (TPSA) is 71.8 Å². The standard InChI is InChI=1S/C14H19N5OS/c1-9-13(21-8-17-9)6-16-14(20)12-5-15-4-11(12)10-3-18-19(2)7-10/h3,7-8,11-12,15H,4-6H2,1-2H3,(H,16,20)/t11-,12+/m1/s1. The monoisotopic (exact) mass is 305 g/mol. The highest BCUT2D eigenvalue weighted by atomic mass is 32.1. The summed E-state index contributed by atoms with van der Waals surface area (Å²) in [6.07, 6.45) is 3.84. The molecule has 2 N–H and O–H groups in total. The molecule has 0 bridgehead atoms. The van der Waals surface area contributed by atoms with Crippen LogP contribution < -0.4 is 10.6 Å². The van der Waals surface area contributed by atoms with Crippen molar-refractivity contribution < 1.29 is 4.79 Å². The summed E-state index contributed by atoms with van der Waals surface area (Å²) in [5.41, 5.74) is 3.93. The first-order valence-electron chi connectivity index (χ1n) is 7.01. The Morgan fingerprint density at radius 1 is 1.57 bits per heavy atom. The maximum Gasteiger partial charge on any atom is 0.225 e. The van der Waals surface area contributed by atoms with Gasteiger partial charge in [-0.25, -0.2) is 4.98 Å². The fourth-order valence-electron chi connectivity index (χ4n) is 2.73. The van der Waals surface area contributed by atoms with E-state index in [0.29, 0.717) is 13.1 Å². The van der Waals surface area contributed by atoms with Crippen molar-refractivity contribution in [2.45, 2.75) is 19.4 Å². The van der Waals surface area contributed by atoms with Crippen LogP contribution in [0, 0.1) is 12.8 Å². The molecule has 1 fully saturated rings. The Kier molecular flexibility index (Phi) is 4.03. The molecule has 2 aromatic rings. The zero-order chi connectivity index (χ0) is 14.8. The first kappa shape index (κ1) is 14.2. The molecule has 0 aliphatic carbocycles. The van der Waals surface area contributed by atoms with Gasteiger partial charge < -0.3 is 10.6 Å². The van der Waals surface area contributed by atoms with Crippen LogP contribution in [0.4, 0.5) is 0 Å². The van der Waals surface area contributed by atoms with E-state index in [0.717, 1.165) is 22.7 Å². The van der Waals surface area contributed by atoms with Gasteiger partial charge in [0.15, 0.2) is 0 Å². The molecule has 0 unspecified atom stereocenters. The van der Waals surface area contributed by atoms with Crippen molar-refractivity contribution in [3.8, 4) is 0 Å². The fourth-order valence-corrected chi connectivity index (χ4v) is 3.45. The lowest BCUT2D eigenvalue weighted by molar-refractivity contribution is -0.124. The number of nitrogens with one attached hydrogen (secondary N) is 2. The van der Waals surface area contributed by atoms with Gasteiger partial charge in [-0.05, 0) is 12.5 Å². The predicted octanol–water partition coefficient (Wildman–Crippen LogP) is 0.804. The second-order valence-corrected chi connectivity index (χ2v) is 6.34. The number of amides is 1. The summed E-state index contributed by atoms with van der Waals surface area (Å²) in [7, 11) is 1.90. The molecule has 6 nitrogen and oxygen atoms in total. The molecule has 0 aromatic carbocycles. The minimum Gasteiger partial charge on any atom is -0.351 e. The zero-order valence-corrected chi connectivity index (χ0v) is 13.0.